The first-order chi connectivity index (χ1) is 8.66. The maximum Gasteiger partial charge on any atom is 0.240 e. The Morgan fingerprint density at radius 3 is 3.06 bits per heavy atom. The van der Waals surface area contributed by atoms with Crippen molar-refractivity contribution in [3.63, 3.8) is 0 Å². The SMILES string of the molecule is Cc1cc2c(cc1N)N(C(=O)C1CCCS1)CC2. The van der Waals surface area contributed by atoms with Gasteiger partial charge in [-0.25, -0.2) is 0 Å². The molecule has 4 heteroatoms. The molecule has 0 aromatic heterocycles. The Kier molecular flexibility index (Phi) is 2.98. The Labute approximate surface area is 112 Å². The van der Waals surface area contributed by atoms with Crippen molar-refractivity contribution >= 4 is 29.0 Å². The minimum atomic E-state index is 0.165. The molecule has 0 aliphatic carbocycles. The lowest BCUT2D eigenvalue weighted by molar-refractivity contribution is -0.118. The van der Waals surface area contributed by atoms with Gasteiger partial charge in [-0.3, -0.25) is 4.79 Å². The van der Waals surface area contributed by atoms with Gasteiger partial charge in [-0.05, 0) is 49.1 Å². The van der Waals surface area contributed by atoms with Crippen molar-refractivity contribution in [2.75, 3.05) is 22.9 Å². The van der Waals surface area contributed by atoms with Crippen LogP contribution in [-0.2, 0) is 11.2 Å². The third-order valence-corrected chi connectivity index (χ3v) is 5.20. The average molecular weight is 262 g/mol. The second-order valence-electron chi connectivity index (χ2n) is 5.08. The fourth-order valence-electron chi connectivity index (χ4n) is 2.75. The fraction of sp³-hybridized carbons (Fsp3) is 0.500. The lowest BCUT2D eigenvalue weighted by Crippen LogP contribution is -2.35. The molecule has 18 heavy (non-hydrogen) atoms. The van der Waals surface area contributed by atoms with Crippen LogP contribution in [0.3, 0.4) is 0 Å². The van der Waals surface area contributed by atoms with Crippen molar-refractivity contribution in [1.82, 2.24) is 0 Å². The highest BCUT2D eigenvalue weighted by Gasteiger charge is 2.32. The van der Waals surface area contributed by atoms with Gasteiger partial charge in [0.2, 0.25) is 5.91 Å². The van der Waals surface area contributed by atoms with Gasteiger partial charge < -0.3 is 10.6 Å². The molecule has 2 aliphatic heterocycles. The maximum absolute atomic E-state index is 12.5. The Balaban J connectivity index is 1.89. The molecule has 2 N–H and O–H groups in total. The number of carbonyl (C=O) groups is 1. The number of benzene rings is 1. The number of hydrogen-bond acceptors (Lipinski definition) is 3. The van der Waals surface area contributed by atoms with Crippen molar-refractivity contribution in [1.29, 1.82) is 0 Å². The van der Waals surface area contributed by atoms with Crippen LogP contribution in [-0.4, -0.2) is 23.5 Å². The number of hydrogen-bond donors (Lipinski definition) is 1. The van der Waals surface area contributed by atoms with Gasteiger partial charge in [0.25, 0.3) is 0 Å². The summed E-state index contributed by atoms with van der Waals surface area (Å²) in [4.78, 5) is 14.4. The van der Waals surface area contributed by atoms with Gasteiger partial charge >= 0.3 is 0 Å². The molecular formula is C14H18N2OS. The van der Waals surface area contributed by atoms with Crippen molar-refractivity contribution < 1.29 is 4.79 Å². The summed E-state index contributed by atoms with van der Waals surface area (Å²) in [7, 11) is 0. The van der Waals surface area contributed by atoms with E-state index in [9.17, 15) is 4.79 Å². The molecule has 1 atom stereocenters. The molecule has 0 radical (unpaired) electrons. The molecule has 96 valence electrons. The maximum atomic E-state index is 12.5. The van der Waals surface area contributed by atoms with E-state index in [2.05, 4.69) is 6.07 Å². The molecule has 0 spiro atoms. The Bertz CT molecular complexity index is 495. The predicted octanol–water partition coefficient (Wildman–Crippen LogP) is 2.36. The van der Waals surface area contributed by atoms with Crippen molar-refractivity contribution in [3.05, 3.63) is 23.3 Å². The largest absolute Gasteiger partial charge is 0.398 e. The molecule has 1 aromatic rings. The first-order valence-corrected chi connectivity index (χ1v) is 7.53. The van der Waals surface area contributed by atoms with Gasteiger partial charge in [-0.2, -0.15) is 0 Å². The van der Waals surface area contributed by atoms with Gasteiger partial charge in [0, 0.05) is 17.9 Å². The first-order valence-electron chi connectivity index (χ1n) is 6.49. The molecular weight excluding hydrogens is 244 g/mol. The molecule has 1 amide bonds. The van der Waals surface area contributed by atoms with Crippen molar-refractivity contribution in [3.8, 4) is 0 Å². The number of rotatable bonds is 1. The molecule has 0 saturated carbocycles. The van der Waals surface area contributed by atoms with Crippen LogP contribution in [0.5, 0.6) is 0 Å². The molecule has 1 unspecified atom stereocenters. The summed E-state index contributed by atoms with van der Waals surface area (Å²) in [5, 5.41) is 0.165. The fourth-order valence-corrected chi connectivity index (χ4v) is 3.97. The number of fused-ring (bicyclic) bond motifs is 1. The van der Waals surface area contributed by atoms with Crippen LogP contribution in [0.25, 0.3) is 0 Å². The standard InChI is InChI=1S/C14H18N2OS/c1-9-7-10-4-5-16(12(10)8-11(9)15)14(17)13-3-2-6-18-13/h7-8,13H,2-6,15H2,1H3. The predicted molar refractivity (Wildman–Crippen MR) is 77.1 cm³/mol. The summed E-state index contributed by atoms with van der Waals surface area (Å²) in [6.07, 6.45) is 3.15. The molecule has 3 nitrogen and oxygen atoms in total. The summed E-state index contributed by atoms with van der Waals surface area (Å²) < 4.78 is 0. The molecule has 1 saturated heterocycles. The van der Waals surface area contributed by atoms with Crippen molar-refractivity contribution in [2.24, 2.45) is 0 Å². The zero-order valence-electron chi connectivity index (χ0n) is 10.6. The Morgan fingerprint density at radius 1 is 1.50 bits per heavy atom. The zero-order chi connectivity index (χ0) is 12.7. The number of carbonyl (C=O) groups excluding carboxylic acids is 1. The van der Waals surface area contributed by atoms with Crippen molar-refractivity contribution in [2.45, 2.75) is 31.4 Å². The molecule has 1 aromatic carbocycles. The van der Waals surface area contributed by atoms with Crippen LogP contribution in [0.1, 0.15) is 24.0 Å². The van der Waals surface area contributed by atoms with Gasteiger partial charge in [0.1, 0.15) is 0 Å². The summed E-state index contributed by atoms with van der Waals surface area (Å²) in [6, 6.07) is 4.09. The minimum Gasteiger partial charge on any atom is -0.398 e. The van der Waals surface area contributed by atoms with Gasteiger partial charge in [0.05, 0.1) is 5.25 Å². The van der Waals surface area contributed by atoms with E-state index < -0.39 is 0 Å². The average Bonchev–Trinajstić information content (AvgIpc) is 2.98. The number of anilines is 2. The number of nitrogens with two attached hydrogens (primary N) is 1. The monoisotopic (exact) mass is 262 g/mol. The molecule has 3 rings (SSSR count). The number of nitrogen functional groups attached to an aromatic ring is 1. The second kappa shape index (κ2) is 4.50. The number of amides is 1. The van der Waals surface area contributed by atoms with E-state index in [1.807, 2.05) is 17.9 Å². The summed E-state index contributed by atoms with van der Waals surface area (Å²) >= 11 is 1.80. The first kappa shape index (κ1) is 11.9. The normalized spacial score (nSPS) is 22.3. The third-order valence-electron chi connectivity index (χ3n) is 3.83. The summed E-state index contributed by atoms with van der Waals surface area (Å²) in [6.45, 7) is 2.83. The quantitative estimate of drug-likeness (QED) is 0.790. The van der Waals surface area contributed by atoms with Crippen LogP contribution in [0.4, 0.5) is 11.4 Å². The van der Waals surface area contributed by atoms with Crippen LogP contribution in [0.2, 0.25) is 0 Å². The summed E-state index contributed by atoms with van der Waals surface area (Å²) in [5.41, 5.74) is 10.2. The van der Waals surface area contributed by atoms with Gasteiger partial charge in [0.15, 0.2) is 0 Å². The zero-order valence-corrected chi connectivity index (χ0v) is 11.4. The Hall–Kier alpha value is -1.16. The van der Waals surface area contributed by atoms with E-state index in [0.717, 1.165) is 48.5 Å². The van der Waals surface area contributed by atoms with Crippen LogP contribution in [0.15, 0.2) is 12.1 Å². The molecule has 0 bridgehead atoms. The number of nitrogens with zero attached hydrogens (tertiary/aromatic N) is 1. The van der Waals surface area contributed by atoms with E-state index in [-0.39, 0.29) is 11.2 Å². The van der Waals surface area contributed by atoms with E-state index in [4.69, 9.17) is 5.73 Å². The topological polar surface area (TPSA) is 46.3 Å². The summed E-state index contributed by atoms with van der Waals surface area (Å²) in [5.74, 6) is 1.40. The van der Waals surface area contributed by atoms with Crippen LogP contribution < -0.4 is 10.6 Å². The molecule has 2 heterocycles. The highest BCUT2D eigenvalue weighted by molar-refractivity contribution is 8.00. The van der Waals surface area contributed by atoms with E-state index in [1.165, 1.54) is 5.56 Å². The third kappa shape index (κ3) is 1.88. The number of aryl methyl sites for hydroxylation is 1. The molecule has 2 aliphatic rings. The number of thioether (sulfide) groups is 1. The van der Waals surface area contributed by atoms with E-state index in [0.29, 0.717) is 0 Å². The second-order valence-corrected chi connectivity index (χ2v) is 6.39. The minimum absolute atomic E-state index is 0.165. The Morgan fingerprint density at radius 2 is 2.33 bits per heavy atom. The highest BCUT2D eigenvalue weighted by Crippen LogP contribution is 2.35. The smallest absolute Gasteiger partial charge is 0.240 e. The van der Waals surface area contributed by atoms with Crippen LogP contribution >= 0.6 is 11.8 Å². The van der Waals surface area contributed by atoms with E-state index in [1.54, 1.807) is 11.8 Å². The van der Waals surface area contributed by atoms with Crippen LogP contribution in [0, 0.1) is 6.92 Å². The highest BCUT2D eigenvalue weighted by atomic mass is 32.2. The lowest BCUT2D eigenvalue weighted by Gasteiger charge is -2.21. The van der Waals surface area contributed by atoms with E-state index >= 15 is 0 Å². The van der Waals surface area contributed by atoms with Gasteiger partial charge in [-0.1, -0.05) is 6.07 Å². The van der Waals surface area contributed by atoms with Gasteiger partial charge in [-0.15, -0.1) is 11.8 Å². The lowest BCUT2D eigenvalue weighted by atomic mass is 10.1. The molecule has 1 fully saturated rings.